The van der Waals surface area contributed by atoms with Crippen LogP contribution in [0.15, 0.2) is 36.0 Å². The Morgan fingerprint density at radius 2 is 2.09 bits per heavy atom. The van der Waals surface area contributed by atoms with E-state index in [0.717, 1.165) is 0 Å². The van der Waals surface area contributed by atoms with Crippen molar-refractivity contribution in [3.05, 3.63) is 51.7 Å². The van der Waals surface area contributed by atoms with Gasteiger partial charge in [-0.25, -0.2) is 4.79 Å². The average Bonchev–Trinajstić information content (AvgIpc) is 2.93. The van der Waals surface area contributed by atoms with E-state index < -0.39 is 10.9 Å². The Labute approximate surface area is 133 Å². The van der Waals surface area contributed by atoms with Gasteiger partial charge < -0.3 is 9.64 Å². The van der Waals surface area contributed by atoms with Gasteiger partial charge in [-0.15, -0.1) is 0 Å². The maximum absolute atomic E-state index is 12.0. The van der Waals surface area contributed by atoms with Crippen molar-refractivity contribution < 1.29 is 19.2 Å². The largest absolute Gasteiger partial charge is 0.456 e. The van der Waals surface area contributed by atoms with Gasteiger partial charge in [0, 0.05) is 12.1 Å². The fourth-order valence-corrected chi connectivity index (χ4v) is 3.15. The number of halogens is 1. The zero-order valence-corrected chi connectivity index (χ0v) is 12.9. The van der Waals surface area contributed by atoms with Gasteiger partial charge in [-0.1, -0.05) is 22.0 Å². The number of hydrogen-bond acceptors (Lipinski definition) is 5. The van der Waals surface area contributed by atoms with Crippen molar-refractivity contribution in [2.24, 2.45) is 0 Å². The summed E-state index contributed by atoms with van der Waals surface area (Å²) in [4.78, 5) is 35.0. The number of β-lactam (4-membered cyclic amide) rings is 1. The van der Waals surface area contributed by atoms with Crippen LogP contribution in [0.2, 0.25) is 0 Å². The van der Waals surface area contributed by atoms with Gasteiger partial charge in [0.25, 0.3) is 5.69 Å². The second-order valence-corrected chi connectivity index (χ2v) is 5.99. The van der Waals surface area contributed by atoms with Crippen LogP contribution in [-0.2, 0) is 20.9 Å². The number of ether oxygens (including phenoxy) is 1. The first-order valence-corrected chi connectivity index (χ1v) is 7.48. The third kappa shape index (κ3) is 2.39. The van der Waals surface area contributed by atoms with Crippen LogP contribution in [0.4, 0.5) is 5.69 Å². The van der Waals surface area contributed by atoms with Crippen LogP contribution in [0.5, 0.6) is 0 Å². The first-order valence-electron chi connectivity index (χ1n) is 6.57. The van der Waals surface area contributed by atoms with Gasteiger partial charge in [0.15, 0.2) is 0 Å². The SMILES string of the molecule is O=C(OCc1ccc([N+](=O)[O-])cc1)C1=CCC2C(Br)C(=O)N12. The Hall–Kier alpha value is -2.22. The Morgan fingerprint density at radius 3 is 2.73 bits per heavy atom. The molecule has 7 nitrogen and oxygen atoms in total. The molecule has 0 spiro atoms. The Kier molecular flexibility index (Phi) is 3.69. The lowest BCUT2D eigenvalue weighted by atomic mass is 10.0. The number of carbonyl (C=O) groups excluding carboxylic acids is 2. The molecule has 114 valence electrons. The number of amides is 1. The molecule has 1 amide bonds. The molecule has 1 fully saturated rings. The molecule has 1 aromatic rings. The molecule has 0 saturated carbocycles. The number of alkyl halides is 1. The first-order chi connectivity index (χ1) is 10.5. The number of nitro benzene ring substituents is 1. The van der Waals surface area contributed by atoms with Crippen molar-refractivity contribution in [1.29, 1.82) is 0 Å². The highest BCUT2D eigenvalue weighted by Gasteiger charge is 2.51. The molecule has 0 radical (unpaired) electrons. The van der Waals surface area contributed by atoms with E-state index in [2.05, 4.69) is 15.9 Å². The molecular weight excluding hydrogens is 356 g/mol. The molecule has 3 rings (SSSR count). The summed E-state index contributed by atoms with van der Waals surface area (Å²) < 4.78 is 5.16. The minimum Gasteiger partial charge on any atom is -0.456 e. The molecule has 2 aliphatic rings. The topological polar surface area (TPSA) is 89.7 Å². The Morgan fingerprint density at radius 1 is 1.41 bits per heavy atom. The van der Waals surface area contributed by atoms with Crippen molar-refractivity contribution in [3.63, 3.8) is 0 Å². The molecule has 1 saturated heterocycles. The Bertz CT molecular complexity index is 685. The van der Waals surface area contributed by atoms with Crippen LogP contribution in [0.1, 0.15) is 12.0 Å². The van der Waals surface area contributed by atoms with E-state index in [1.165, 1.54) is 29.2 Å². The summed E-state index contributed by atoms with van der Waals surface area (Å²) in [7, 11) is 0. The van der Waals surface area contributed by atoms with Gasteiger partial charge in [-0.2, -0.15) is 0 Å². The summed E-state index contributed by atoms with van der Waals surface area (Å²) in [5.74, 6) is -0.699. The number of benzene rings is 1. The van der Waals surface area contributed by atoms with Crippen LogP contribution in [-0.4, -0.2) is 32.6 Å². The quantitative estimate of drug-likeness (QED) is 0.267. The normalized spacial score (nSPS) is 22.7. The van der Waals surface area contributed by atoms with E-state index in [9.17, 15) is 19.7 Å². The first kappa shape index (κ1) is 14.7. The van der Waals surface area contributed by atoms with E-state index in [0.29, 0.717) is 12.0 Å². The summed E-state index contributed by atoms with van der Waals surface area (Å²) in [5, 5.41) is 10.6. The standard InChI is InChI=1S/C14H11BrN2O5/c15-12-10-5-6-11(16(10)13(12)18)14(19)22-7-8-1-3-9(4-2-8)17(20)21/h1-4,6,10,12H,5,7H2. The maximum Gasteiger partial charge on any atom is 0.355 e. The summed E-state index contributed by atoms with van der Waals surface area (Å²) in [6.07, 6.45) is 2.33. The number of non-ortho nitro benzene ring substituents is 1. The van der Waals surface area contributed by atoms with Crippen molar-refractivity contribution >= 4 is 33.5 Å². The number of fused-ring (bicyclic) bond motifs is 1. The predicted octanol–water partition coefficient (Wildman–Crippen LogP) is 1.90. The number of nitrogens with zero attached hydrogens (tertiary/aromatic N) is 2. The van der Waals surface area contributed by atoms with Crippen LogP contribution < -0.4 is 0 Å². The average molecular weight is 367 g/mol. The predicted molar refractivity (Wildman–Crippen MR) is 78.9 cm³/mol. The molecule has 0 aliphatic carbocycles. The van der Waals surface area contributed by atoms with Crippen LogP contribution in [0, 0.1) is 10.1 Å². The van der Waals surface area contributed by atoms with E-state index >= 15 is 0 Å². The Balaban J connectivity index is 1.59. The highest BCUT2D eigenvalue weighted by Crippen LogP contribution is 2.38. The molecule has 0 aromatic heterocycles. The maximum atomic E-state index is 12.0. The third-order valence-electron chi connectivity index (χ3n) is 3.68. The molecule has 2 heterocycles. The van der Waals surface area contributed by atoms with Gasteiger partial charge in [0.1, 0.15) is 17.1 Å². The van der Waals surface area contributed by atoms with Crippen molar-refractivity contribution in [3.8, 4) is 0 Å². The highest BCUT2D eigenvalue weighted by atomic mass is 79.9. The van der Waals surface area contributed by atoms with Gasteiger partial charge in [-0.3, -0.25) is 14.9 Å². The molecular formula is C14H11BrN2O5. The smallest absolute Gasteiger partial charge is 0.355 e. The monoisotopic (exact) mass is 366 g/mol. The van der Waals surface area contributed by atoms with Crippen molar-refractivity contribution in [2.75, 3.05) is 0 Å². The number of esters is 1. The molecule has 2 atom stereocenters. The second kappa shape index (κ2) is 5.53. The number of nitro groups is 1. The van der Waals surface area contributed by atoms with Gasteiger partial charge in [0.2, 0.25) is 5.91 Å². The van der Waals surface area contributed by atoms with E-state index in [-0.39, 0.29) is 34.8 Å². The summed E-state index contributed by atoms with van der Waals surface area (Å²) >= 11 is 3.27. The number of hydrogen-bond donors (Lipinski definition) is 0. The van der Waals surface area contributed by atoms with Gasteiger partial charge in [0.05, 0.1) is 11.0 Å². The molecule has 2 aliphatic heterocycles. The van der Waals surface area contributed by atoms with Crippen LogP contribution in [0.3, 0.4) is 0 Å². The van der Waals surface area contributed by atoms with Crippen molar-refractivity contribution in [2.45, 2.75) is 23.9 Å². The summed E-state index contributed by atoms with van der Waals surface area (Å²) in [6.45, 7) is -0.00138. The molecule has 8 heteroatoms. The third-order valence-corrected chi connectivity index (χ3v) is 4.68. The summed E-state index contributed by atoms with van der Waals surface area (Å²) in [5.41, 5.74) is 0.890. The van der Waals surface area contributed by atoms with E-state index in [4.69, 9.17) is 4.74 Å². The van der Waals surface area contributed by atoms with E-state index in [1.54, 1.807) is 6.08 Å². The fraction of sp³-hybridized carbons (Fsp3) is 0.286. The number of rotatable bonds is 4. The minimum absolute atomic E-state index is 0.00138. The van der Waals surface area contributed by atoms with E-state index in [1.807, 2.05) is 0 Å². The zero-order chi connectivity index (χ0) is 15.9. The lowest BCUT2D eigenvalue weighted by Crippen LogP contribution is -2.59. The lowest BCUT2D eigenvalue weighted by Gasteiger charge is -2.40. The van der Waals surface area contributed by atoms with Crippen molar-refractivity contribution in [1.82, 2.24) is 4.90 Å². The zero-order valence-electron chi connectivity index (χ0n) is 11.3. The number of carbonyl (C=O) groups is 2. The van der Waals surface area contributed by atoms with Gasteiger partial charge in [-0.05, 0) is 24.1 Å². The molecule has 0 bridgehead atoms. The fourth-order valence-electron chi connectivity index (χ4n) is 2.48. The highest BCUT2D eigenvalue weighted by molar-refractivity contribution is 9.10. The minimum atomic E-state index is -0.561. The lowest BCUT2D eigenvalue weighted by molar-refractivity contribution is -0.384. The molecule has 22 heavy (non-hydrogen) atoms. The molecule has 0 N–H and O–H groups in total. The summed E-state index contributed by atoms with van der Waals surface area (Å²) in [6, 6.07) is 5.75. The van der Waals surface area contributed by atoms with Gasteiger partial charge >= 0.3 is 5.97 Å². The van der Waals surface area contributed by atoms with Crippen LogP contribution in [0.25, 0.3) is 0 Å². The van der Waals surface area contributed by atoms with Crippen LogP contribution >= 0.6 is 15.9 Å². The molecule has 2 unspecified atom stereocenters. The second-order valence-electron chi connectivity index (χ2n) is 5.00. The molecule has 1 aromatic carbocycles.